The summed E-state index contributed by atoms with van der Waals surface area (Å²) in [6.45, 7) is 0. The molecule has 0 spiro atoms. The quantitative estimate of drug-likeness (QED) is 0.732. The van der Waals surface area contributed by atoms with Crippen LogP contribution in [0.1, 0.15) is 32.1 Å². The lowest BCUT2D eigenvalue weighted by molar-refractivity contribution is -0.121. The summed E-state index contributed by atoms with van der Waals surface area (Å²) in [7, 11) is 0. The molecule has 0 aliphatic heterocycles. The molecule has 4 heteroatoms. The average molecular weight is 224 g/mol. The minimum Gasteiger partial charge on any atom is -0.352 e. The Balaban J connectivity index is 2.29. The summed E-state index contributed by atoms with van der Waals surface area (Å²) in [6.07, 6.45) is 4.74. The molecule has 2 atom stereocenters. The summed E-state index contributed by atoms with van der Waals surface area (Å²) in [6, 6.07) is 0.158. The molecule has 0 unspecified atom stereocenters. The van der Waals surface area contributed by atoms with E-state index in [1.54, 1.807) is 0 Å². The van der Waals surface area contributed by atoms with Crippen LogP contribution in [-0.4, -0.2) is 23.2 Å². The Kier molecular flexibility index (Phi) is 4.89. The van der Waals surface area contributed by atoms with Crippen molar-refractivity contribution in [1.29, 1.82) is 0 Å². The number of halogens is 2. The molecular weight excluding hydrogens is 209 g/mol. The maximum atomic E-state index is 11.2. The molecular formula is C9H15Cl2NO. The average Bonchev–Trinajstić information content (AvgIpc) is 2.09. The molecule has 0 aromatic heterocycles. The molecule has 76 valence electrons. The summed E-state index contributed by atoms with van der Waals surface area (Å²) in [5, 5.41) is 3.02. The molecule has 2 nitrogen and oxygen atoms in total. The maximum absolute atomic E-state index is 11.2. The first-order valence-corrected chi connectivity index (χ1v) is 5.70. The summed E-state index contributed by atoms with van der Waals surface area (Å²) < 4.78 is 0. The number of hydrogen-bond acceptors (Lipinski definition) is 1. The highest BCUT2D eigenvalue weighted by Gasteiger charge is 2.23. The van der Waals surface area contributed by atoms with Crippen LogP contribution in [0.2, 0.25) is 0 Å². The predicted octanol–water partition coefficient (Wildman–Crippen LogP) is 2.28. The van der Waals surface area contributed by atoms with Crippen molar-refractivity contribution in [3.05, 3.63) is 0 Å². The van der Waals surface area contributed by atoms with Crippen LogP contribution in [0.3, 0.4) is 0 Å². The third kappa shape index (κ3) is 3.74. The number of carbonyl (C=O) groups excluding carboxylic acids is 1. The van der Waals surface area contributed by atoms with Crippen LogP contribution >= 0.6 is 23.2 Å². The zero-order valence-corrected chi connectivity index (χ0v) is 9.07. The third-order valence-corrected chi connectivity index (χ3v) is 3.06. The molecule has 0 heterocycles. The van der Waals surface area contributed by atoms with Gasteiger partial charge in [-0.15, -0.1) is 23.2 Å². The minimum absolute atomic E-state index is 0.0209. The van der Waals surface area contributed by atoms with Crippen LogP contribution in [0.25, 0.3) is 0 Å². The van der Waals surface area contributed by atoms with Crippen LogP contribution in [0.5, 0.6) is 0 Å². The molecule has 1 N–H and O–H groups in total. The van der Waals surface area contributed by atoms with Gasteiger partial charge < -0.3 is 5.32 Å². The van der Waals surface area contributed by atoms with E-state index in [1.807, 2.05) is 0 Å². The highest BCUT2D eigenvalue weighted by molar-refractivity contribution is 6.21. The van der Waals surface area contributed by atoms with E-state index >= 15 is 0 Å². The molecule has 0 radical (unpaired) electrons. The van der Waals surface area contributed by atoms with Crippen LogP contribution in [0.4, 0.5) is 0 Å². The van der Waals surface area contributed by atoms with E-state index in [4.69, 9.17) is 23.2 Å². The van der Waals surface area contributed by atoms with E-state index in [0.717, 1.165) is 19.3 Å². The van der Waals surface area contributed by atoms with Gasteiger partial charge in [-0.2, -0.15) is 0 Å². The van der Waals surface area contributed by atoms with Crippen LogP contribution in [-0.2, 0) is 4.79 Å². The fraction of sp³-hybridized carbons (Fsp3) is 0.889. The molecule has 1 rings (SSSR count). The zero-order chi connectivity index (χ0) is 9.68. The Morgan fingerprint density at radius 1 is 1.38 bits per heavy atom. The largest absolute Gasteiger partial charge is 0.352 e. The van der Waals surface area contributed by atoms with Gasteiger partial charge in [-0.1, -0.05) is 12.8 Å². The molecule has 1 amide bonds. The zero-order valence-electron chi connectivity index (χ0n) is 7.56. The monoisotopic (exact) mass is 223 g/mol. The van der Waals surface area contributed by atoms with Gasteiger partial charge in [-0.05, 0) is 12.8 Å². The molecule has 0 aromatic rings. The van der Waals surface area contributed by atoms with Gasteiger partial charge in [0.2, 0.25) is 5.91 Å². The predicted molar refractivity (Wildman–Crippen MR) is 55.4 cm³/mol. The van der Waals surface area contributed by atoms with Crippen LogP contribution < -0.4 is 5.32 Å². The molecule has 1 saturated carbocycles. The van der Waals surface area contributed by atoms with Crippen molar-refractivity contribution in [3.63, 3.8) is 0 Å². The minimum atomic E-state index is 0.0209. The van der Waals surface area contributed by atoms with Gasteiger partial charge in [0.15, 0.2) is 0 Å². The number of rotatable bonds is 3. The lowest BCUT2D eigenvalue weighted by Crippen LogP contribution is -2.42. The van der Waals surface area contributed by atoms with Crippen molar-refractivity contribution in [2.24, 2.45) is 0 Å². The van der Waals surface area contributed by atoms with Crippen molar-refractivity contribution in [2.75, 3.05) is 5.88 Å². The molecule has 0 aromatic carbocycles. The Morgan fingerprint density at radius 3 is 2.69 bits per heavy atom. The van der Waals surface area contributed by atoms with Crippen molar-refractivity contribution in [1.82, 2.24) is 5.32 Å². The van der Waals surface area contributed by atoms with Crippen molar-refractivity contribution in [2.45, 2.75) is 43.5 Å². The summed E-state index contributed by atoms with van der Waals surface area (Å²) in [5.74, 6) is 0.401. The molecule has 1 aliphatic carbocycles. The van der Waals surface area contributed by atoms with Crippen molar-refractivity contribution < 1.29 is 4.79 Å². The second-order valence-electron chi connectivity index (χ2n) is 3.41. The standard InChI is InChI=1S/C9H15Cl2NO/c10-6-5-9(13)12-8-4-2-1-3-7(8)11/h7-8H,1-6H2,(H,12,13)/t7-,8+/m0/s1. The van der Waals surface area contributed by atoms with Gasteiger partial charge in [-0.25, -0.2) is 0 Å². The molecule has 1 fully saturated rings. The van der Waals surface area contributed by atoms with E-state index in [-0.39, 0.29) is 17.3 Å². The fourth-order valence-electron chi connectivity index (χ4n) is 1.61. The van der Waals surface area contributed by atoms with E-state index in [2.05, 4.69) is 5.32 Å². The topological polar surface area (TPSA) is 29.1 Å². The van der Waals surface area contributed by atoms with Crippen LogP contribution in [0.15, 0.2) is 0 Å². The van der Waals surface area contributed by atoms with Crippen molar-refractivity contribution in [3.8, 4) is 0 Å². The third-order valence-electron chi connectivity index (χ3n) is 2.35. The first kappa shape index (κ1) is 11.1. The van der Waals surface area contributed by atoms with Gasteiger partial charge in [0.1, 0.15) is 0 Å². The van der Waals surface area contributed by atoms with Crippen LogP contribution in [0, 0.1) is 0 Å². The van der Waals surface area contributed by atoms with Gasteiger partial charge in [0, 0.05) is 18.3 Å². The normalized spacial score (nSPS) is 28.5. The fourth-order valence-corrected chi connectivity index (χ4v) is 2.13. The highest BCUT2D eigenvalue weighted by Crippen LogP contribution is 2.22. The Hall–Kier alpha value is 0.0500. The maximum Gasteiger partial charge on any atom is 0.221 e. The summed E-state index contributed by atoms with van der Waals surface area (Å²) in [5.41, 5.74) is 0. The number of hydrogen-bond donors (Lipinski definition) is 1. The molecule has 1 aliphatic rings. The number of alkyl halides is 2. The van der Waals surface area contributed by atoms with Crippen molar-refractivity contribution >= 4 is 29.1 Å². The summed E-state index contributed by atoms with van der Waals surface area (Å²) in [4.78, 5) is 11.2. The second kappa shape index (κ2) is 5.71. The van der Waals surface area contributed by atoms with E-state index in [0.29, 0.717) is 12.3 Å². The Labute approximate surface area is 89.0 Å². The van der Waals surface area contributed by atoms with Gasteiger partial charge in [-0.3, -0.25) is 4.79 Å². The number of amides is 1. The molecule has 0 bridgehead atoms. The molecule has 13 heavy (non-hydrogen) atoms. The lowest BCUT2D eigenvalue weighted by Gasteiger charge is -2.27. The van der Waals surface area contributed by atoms with E-state index in [1.165, 1.54) is 6.42 Å². The van der Waals surface area contributed by atoms with Gasteiger partial charge in [0.05, 0.1) is 5.38 Å². The first-order valence-electron chi connectivity index (χ1n) is 4.73. The van der Waals surface area contributed by atoms with E-state index in [9.17, 15) is 4.79 Å². The van der Waals surface area contributed by atoms with E-state index < -0.39 is 0 Å². The second-order valence-corrected chi connectivity index (χ2v) is 4.35. The Morgan fingerprint density at radius 2 is 2.08 bits per heavy atom. The highest BCUT2D eigenvalue weighted by atomic mass is 35.5. The number of nitrogens with one attached hydrogen (secondary N) is 1. The lowest BCUT2D eigenvalue weighted by atomic mass is 9.95. The smallest absolute Gasteiger partial charge is 0.221 e. The summed E-state index contributed by atoms with van der Waals surface area (Å²) >= 11 is 11.5. The van der Waals surface area contributed by atoms with Gasteiger partial charge >= 0.3 is 0 Å². The first-order chi connectivity index (χ1) is 6.24. The molecule has 0 saturated heterocycles. The SMILES string of the molecule is O=C(CCCl)N[C@@H]1CCCC[C@@H]1Cl. The van der Waals surface area contributed by atoms with Gasteiger partial charge in [0.25, 0.3) is 0 Å². The Bertz CT molecular complexity index is 175. The number of carbonyl (C=O) groups is 1.